The minimum Gasteiger partial charge on any atom is -0.380 e. The number of benzene rings is 1. The third kappa shape index (κ3) is 4.34. The van der Waals surface area contributed by atoms with E-state index < -0.39 is 0 Å². The van der Waals surface area contributed by atoms with E-state index in [1.165, 1.54) is 0 Å². The monoisotopic (exact) mass is 389 g/mol. The van der Waals surface area contributed by atoms with Crippen molar-refractivity contribution in [2.45, 2.75) is 25.8 Å². The van der Waals surface area contributed by atoms with Gasteiger partial charge in [-0.25, -0.2) is 4.98 Å². The molecule has 0 saturated carbocycles. The van der Waals surface area contributed by atoms with E-state index >= 15 is 0 Å². The number of likely N-dealkylation sites (tertiary alicyclic amines) is 1. The van der Waals surface area contributed by atoms with Gasteiger partial charge in [-0.3, -0.25) is 14.6 Å². The molecule has 2 aromatic heterocycles. The van der Waals surface area contributed by atoms with E-state index in [9.17, 15) is 9.59 Å². The Morgan fingerprint density at radius 3 is 2.69 bits per heavy atom. The highest BCUT2D eigenvalue weighted by Crippen LogP contribution is 2.18. The number of carbonyl (C=O) groups is 1. The van der Waals surface area contributed by atoms with Crippen LogP contribution in [-0.4, -0.2) is 44.9 Å². The summed E-state index contributed by atoms with van der Waals surface area (Å²) in [4.78, 5) is 38.4. The molecule has 0 bridgehead atoms. The molecule has 0 unspecified atom stereocenters. The first-order chi connectivity index (χ1) is 14.1. The zero-order chi connectivity index (χ0) is 20.2. The van der Waals surface area contributed by atoms with E-state index in [0.717, 1.165) is 17.7 Å². The van der Waals surface area contributed by atoms with Crippen molar-refractivity contribution in [3.8, 4) is 11.4 Å². The number of H-pyrrole nitrogens is 1. The van der Waals surface area contributed by atoms with Gasteiger partial charge in [-0.2, -0.15) is 0 Å². The van der Waals surface area contributed by atoms with Crippen LogP contribution in [-0.2, 0) is 11.2 Å². The average molecular weight is 389 g/mol. The molecule has 4 rings (SSSR count). The first kappa shape index (κ1) is 18.9. The molecule has 0 radical (unpaired) electrons. The molecule has 1 fully saturated rings. The Hall–Kier alpha value is -3.48. The molecule has 3 heterocycles. The molecule has 29 heavy (non-hydrogen) atoms. The van der Waals surface area contributed by atoms with Crippen LogP contribution in [0, 0.1) is 6.92 Å². The Labute approximate surface area is 168 Å². The predicted molar refractivity (Wildman–Crippen MR) is 112 cm³/mol. The standard InChI is InChI=1S/C22H23N5O2/c1-15-19(22(29)26-21(24-15)16-7-10-23-11-8-16)13-20(28)27-12-9-18(14-27)25-17-5-3-2-4-6-17/h2-8,10-11,18,25H,9,12-14H2,1H3,(H,24,26,29)/t18-/m0/s1. The van der Waals surface area contributed by atoms with Crippen molar-refractivity contribution >= 4 is 11.6 Å². The van der Waals surface area contributed by atoms with Crippen LogP contribution in [0.2, 0.25) is 0 Å². The summed E-state index contributed by atoms with van der Waals surface area (Å²) in [5.74, 6) is 0.439. The molecule has 1 aromatic carbocycles. The molecule has 7 nitrogen and oxygen atoms in total. The van der Waals surface area contributed by atoms with Gasteiger partial charge in [0.05, 0.1) is 6.42 Å². The Morgan fingerprint density at radius 1 is 1.21 bits per heavy atom. The van der Waals surface area contributed by atoms with Crippen LogP contribution >= 0.6 is 0 Å². The average Bonchev–Trinajstić information content (AvgIpc) is 3.20. The van der Waals surface area contributed by atoms with Crippen molar-refractivity contribution in [3.05, 3.63) is 76.5 Å². The first-order valence-electron chi connectivity index (χ1n) is 9.69. The number of rotatable bonds is 5. The third-order valence-electron chi connectivity index (χ3n) is 5.19. The summed E-state index contributed by atoms with van der Waals surface area (Å²) in [7, 11) is 0. The van der Waals surface area contributed by atoms with Crippen molar-refractivity contribution in [1.29, 1.82) is 0 Å². The van der Waals surface area contributed by atoms with Crippen molar-refractivity contribution in [1.82, 2.24) is 19.9 Å². The van der Waals surface area contributed by atoms with Gasteiger partial charge in [0.25, 0.3) is 5.56 Å². The van der Waals surface area contributed by atoms with Gasteiger partial charge in [-0.05, 0) is 37.6 Å². The Bertz CT molecular complexity index is 1050. The number of anilines is 1. The van der Waals surface area contributed by atoms with E-state index in [0.29, 0.717) is 30.2 Å². The van der Waals surface area contributed by atoms with Crippen LogP contribution in [0.3, 0.4) is 0 Å². The van der Waals surface area contributed by atoms with E-state index in [1.54, 1.807) is 31.5 Å². The van der Waals surface area contributed by atoms with Gasteiger partial charge in [0.1, 0.15) is 5.82 Å². The molecule has 1 aliphatic heterocycles. The summed E-state index contributed by atoms with van der Waals surface area (Å²) in [5, 5.41) is 3.46. The molecule has 7 heteroatoms. The molecule has 1 atom stereocenters. The summed E-state index contributed by atoms with van der Waals surface area (Å²) < 4.78 is 0. The fourth-order valence-corrected chi connectivity index (χ4v) is 3.60. The van der Waals surface area contributed by atoms with Crippen LogP contribution < -0.4 is 10.9 Å². The highest BCUT2D eigenvalue weighted by Gasteiger charge is 2.27. The van der Waals surface area contributed by atoms with Gasteiger partial charge >= 0.3 is 0 Å². The maximum Gasteiger partial charge on any atom is 0.255 e. The fourth-order valence-electron chi connectivity index (χ4n) is 3.60. The van der Waals surface area contributed by atoms with Gasteiger partial charge in [0.2, 0.25) is 5.91 Å². The smallest absolute Gasteiger partial charge is 0.255 e. The van der Waals surface area contributed by atoms with Crippen molar-refractivity contribution in [3.63, 3.8) is 0 Å². The van der Waals surface area contributed by atoms with Crippen LogP contribution in [0.4, 0.5) is 5.69 Å². The molecule has 3 aromatic rings. The summed E-state index contributed by atoms with van der Waals surface area (Å²) in [6, 6.07) is 13.8. The number of aromatic nitrogens is 3. The number of nitrogens with one attached hydrogen (secondary N) is 2. The van der Waals surface area contributed by atoms with Gasteiger partial charge in [0.15, 0.2) is 0 Å². The SMILES string of the molecule is Cc1nc(-c2ccncc2)[nH]c(=O)c1CC(=O)N1CC[C@H](Nc2ccccc2)C1. The summed E-state index contributed by atoms with van der Waals surface area (Å²) >= 11 is 0. The second kappa shape index (κ2) is 8.26. The summed E-state index contributed by atoms with van der Waals surface area (Å²) in [6.07, 6.45) is 4.24. The maximum atomic E-state index is 12.8. The molecule has 2 N–H and O–H groups in total. The van der Waals surface area contributed by atoms with Gasteiger partial charge in [-0.1, -0.05) is 18.2 Å². The number of carbonyl (C=O) groups excluding carboxylic acids is 1. The molecular weight excluding hydrogens is 366 g/mol. The van der Waals surface area contributed by atoms with E-state index in [1.807, 2.05) is 35.2 Å². The third-order valence-corrected chi connectivity index (χ3v) is 5.19. The van der Waals surface area contributed by atoms with E-state index in [-0.39, 0.29) is 23.9 Å². The van der Waals surface area contributed by atoms with E-state index in [2.05, 4.69) is 20.3 Å². The summed E-state index contributed by atoms with van der Waals surface area (Å²) in [5.41, 5.74) is 2.57. The molecule has 1 aliphatic rings. The fraction of sp³-hybridized carbons (Fsp3) is 0.273. The lowest BCUT2D eigenvalue weighted by Crippen LogP contribution is -2.34. The summed E-state index contributed by atoms with van der Waals surface area (Å²) in [6.45, 7) is 3.09. The van der Waals surface area contributed by atoms with Crippen LogP contribution in [0.15, 0.2) is 59.7 Å². The lowest BCUT2D eigenvalue weighted by Gasteiger charge is -2.18. The molecular formula is C22H23N5O2. The normalized spacial score (nSPS) is 16.0. The lowest BCUT2D eigenvalue weighted by atomic mass is 10.1. The lowest BCUT2D eigenvalue weighted by molar-refractivity contribution is -0.129. The number of aromatic amines is 1. The van der Waals surface area contributed by atoms with Crippen molar-refractivity contribution in [2.24, 2.45) is 0 Å². The highest BCUT2D eigenvalue weighted by molar-refractivity contribution is 5.79. The second-order valence-corrected chi connectivity index (χ2v) is 7.23. The number of hydrogen-bond acceptors (Lipinski definition) is 5. The topological polar surface area (TPSA) is 91.0 Å². The van der Waals surface area contributed by atoms with Crippen molar-refractivity contribution in [2.75, 3.05) is 18.4 Å². The van der Waals surface area contributed by atoms with Crippen molar-refractivity contribution < 1.29 is 4.79 Å². The van der Waals surface area contributed by atoms with Crippen LogP contribution in [0.1, 0.15) is 17.7 Å². The Balaban J connectivity index is 1.43. The van der Waals surface area contributed by atoms with Crippen LogP contribution in [0.5, 0.6) is 0 Å². The predicted octanol–water partition coefficient (Wildman–Crippen LogP) is 2.40. The highest BCUT2D eigenvalue weighted by atomic mass is 16.2. The second-order valence-electron chi connectivity index (χ2n) is 7.23. The molecule has 148 valence electrons. The minimum absolute atomic E-state index is 0.0468. The number of pyridine rings is 1. The molecule has 1 amide bonds. The molecule has 0 spiro atoms. The zero-order valence-corrected chi connectivity index (χ0v) is 16.3. The van der Waals surface area contributed by atoms with Gasteiger partial charge < -0.3 is 15.2 Å². The first-order valence-corrected chi connectivity index (χ1v) is 9.69. The van der Waals surface area contributed by atoms with E-state index in [4.69, 9.17) is 0 Å². The van der Waals surface area contributed by atoms with Crippen LogP contribution in [0.25, 0.3) is 11.4 Å². The minimum atomic E-state index is -0.268. The number of hydrogen-bond donors (Lipinski definition) is 2. The number of amides is 1. The maximum absolute atomic E-state index is 12.8. The Kier molecular flexibility index (Phi) is 5.37. The molecule has 1 saturated heterocycles. The number of nitrogens with zero attached hydrogens (tertiary/aromatic N) is 3. The quantitative estimate of drug-likeness (QED) is 0.699. The number of aryl methyl sites for hydroxylation is 1. The van der Waals surface area contributed by atoms with Gasteiger partial charge in [-0.15, -0.1) is 0 Å². The van der Waals surface area contributed by atoms with Gasteiger partial charge in [0, 0.05) is 54.0 Å². The Morgan fingerprint density at radius 2 is 1.97 bits per heavy atom. The number of para-hydroxylation sites is 1. The molecule has 0 aliphatic carbocycles. The largest absolute Gasteiger partial charge is 0.380 e. The zero-order valence-electron chi connectivity index (χ0n) is 16.3.